The highest BCUT2D eigenvalue weighted by molar-refractivity contribution is 5.79. The molecule has 0 amide bonds. The molecule has 0 saturated carbocycles. The second-order valence-electron chi connectivity index (χ2n) is 3.53. The minimum absolute atomic E-state index is 0.227. The number of hydrogen-bond acceptors (Lipinski definition) is 2. The Bertz CT molecular complexity index is 173. The molecule has 74 valence electrons. The van der Waals surface area contributed by atoms with Crippen molar-refractivity contribution in [3.63, 3.8) is 0 Å². The summed E-state index contributed by atoms with van der Waals surface area (Å²) in [5.41, 5.74) is 0. The highest BCUT2D eigenvalue weighted by Crippen LogP contribution is 2.09. The summed E-state index contributed by atoms with van der Waals surface area (Å²) in [6.45, 7) is 0.260. The maximum atomic E-state index is 11.1. The van der Waals surface area contributed by atoms with Gasteiger partial charge in [-0.1, -0.05) is 19.3 Å². The van der Waals surface area contributed by atoms with Crippen molar-refractivity contribution >= 4 is 5.78 Å². The van der Waals surface area contributed by atoms with Crippen LogP contribution in [0.4, 0.5) is 0 Å². The Labute approximate surface area is 80.0 Å². The van der Waals surface area contributed by atoms with Gasteiger partial charge in [-0.05, 0) is 25.3 Å². The van der Waals surface area contributed by atoms with E-state index in [1.165, 1.54) is 25.7 Å². The number of carbonyl (C=O) groups is 1. The Morgan fingerprint density at radius 2 is 1.85 bits per heavy atom. The molecule has 0 unspecified atom stereocenters. The zero-order valence-electron chi connectivity index (χ0n) is 8.13. The maximum absolute atomic E-state index is 11.1. The molecule has 1 heterocycles. The van der Waals surface area contributed by atoms with Gasteiger partial charge in [0.05, 0.1) is 6.26 Å². The van der Waals surface area contributed by atoms with Gasteiger partial charge in [0, 0.05) is 6.42 Å². The molecular formula is C11H18O2. The second kappa shape index (κ2) is 6.70. The molecule has 2 heteroatoms. The van der Waals surface area contributed by atoms with Gasteiger partial charge in [0.1, 0.15) is 6.61 Å². The van der Waals surface area contributed by atoms with Gasteiger partial charge in [0.15, 0.2) is 5.78 Å². The molecule has 0 aliphatic carbocycles. The smallest absolute Gasteiger partial charge is 0.170 e. The third-order valence-electron chi connectivity index (χ3n) is 2.26. The summed E-state index contributed by atoms with van der Waals surface area (Å²) in [6, 6.07) is 0. The van der Waals surface area contributed by atoms with Crippen molar-refractivity contribution < 1.29 is 9.53 Å². The van der Waals surface area contributed by atoms with E-state index in [-0.39, 0.29) is 12.4 Å². The van der Waals surface area contributed by atoms with Crippen LogP contribution >= 0.6 is 0 Å². The van der Waals surface area contributed by atoms with E-state index in [9.17, 15) is 4.79 Å². The number of ether oxygens (including phenoxy) is 1. The first-order valence-corrected chi connectivity index (χ1v) is 5.18. The average Bonchev–Trinajstić information content (AvgIpc) is 2.11. The monoisotopic (exact) mass is 182 g/mol. The maximum Gasteiger partial charge on any atom is 0.170 e. The van der Waals surface area contributed by atoms with Crippen LogP contribution in [0.1, 0.15) is 44.9 Å². The van der Waals surface area contributed by atoms with Gasteiger partial charge in [0.25, 0.3) is 0 Å². The van der Waals surface area contributed by atoms with Gasteiger partial charge < -0.3 is 4.74 Å². The van der Waals surface area contributed by atoms with Crippen molar-refractivity contribution in [2.45, 2.75) is 44.9 Å². The lowest BCUT2D eigenvalue weighted by molar-refractivity contribution is -0.122. The molecule has 2 nitrogen and oxygen atoms in total. The summed E-state index contributed by atoms with van der Waals surface area (Å²) in [5.74, 6) is 0.227. The van der Waals surface area contributed by atoms with Crippen molar-refractivity contribution in [1.82, 2.24) is 0 Å². The average molecular weight is 182 g/mol. The molecule has 0 saturated heterocycles. The fourth-order valence-corrected chi connectivity index (χ4v) is 1.46. The van der Waals surface area contributed by atoms with E-state index in [1.807, 2.05) is 6.08 Å². The Morgan fingerprint density at radius 3 is 2.77 bits per heavy atom. The standard InChI is InChI=1S/C11H18O2/c12-11-8-6-4-2-1-3-5-7-9-13-10-11/h7,9H,1-6,8,10H2/b9-7-. The van der Waals surface area contributed by atoms with Gasteiger partial charge in [-0.25, -0.2) is 0 Å². The quantitative estimate of drug-likeness (QED) is 0.576. The Hall–Kier alpha value is -0.790. The zero-order chi connectivity index (χ0) is 9.36. The first-order valence-electron chi connectivity index (χ1n) is 5.18. The molecule has 0 bridgehead atoms. The number of rotatable bonds is 0. The second-order valence-corrected chi connectivity index (χ2v) is 3.53. The summed E-state index contributed by atoms with van der Waals surface area (Å²) in [4.78, 5) is 11.1. The van der Waals surface area contributed by atoms with E-state index in [2.05, 4.69) is 0 Å². The van der Waals surface area contributed by atoms with Crippen LogP contribution in [0.25, 0.3) is 0 Å². The van der Waals surface area contributed by atoms with E-state index in [0.717, 1.165) is 12.8 Å². The fraction of sp³-hybridized carbons (Fsp3) is 0.727. The van der Waals surface area contributed by atoms with Crippen LogP contribution in [0.5, 0.6) is 0 Å². The normalized spacial score (nSPS) is 23.8. The summed E-state index contributed by atoms with van der Waals surface area (Å²) >= 11 is 0. The van der Waals surface area contributed by atoms with Crippen LogP contribution in [-0.4, -0.2) is 12.4 Å². The van der Waals surface area contributed by atoms with Gasteiger partial charge in [-0.3, -0.25) is 4.79 Å². The van der Waals surface area contributed by atoms with Crippen molar-refractivity contribution in [3.8, 4) is 0 Å². The largest absolute Gasteiger partial charge is 0.494 e. The first-order chi connectivity index (χ1) is 6.39. The first kappa shape index (κ1) is 10.3. The van der Waals surface area contributed by atoms with Crippen LogP contribution in [0, 0.1) is 0 Å². The summed E-state index contributed by atoms with van der Waals surface area (Å²) in [7, 11) is 0. The number of allylic oxidation sites excluding steroid dienone is 1. The lowest BCUT2D eigenvalue weighted by Crippen LogP contribution is -2.05. The fourth-order valence-electron chi connectivity index (χ4n) is 1.46. The Kier molecular flexibility index (Phi) is 5.30. The van der Waals surface area contributed by atoms with Crippen molar-refractivity contribution in [3.05, 3.63) is 12.3 Å². The van der Waals surface area contributed by atoms with Crippen molar-refractivity contribution in [1.29, 1.82) is 0 Å². The van der Waals surface area contributed by atoms with Gasteiger partial charge in [0.2, 0.25) is 0 Å². The Balaban J connectivity index is 2.25. The molecule has 1 aliphatic rings. The molecule has 0 aromatic rings. The zero-order valence-corrected chi connectivity index (χ0v) is 8.13. The SMILES string of the molecule is O=C1CCCCCCC/C=C\OC1. The van der Waals surface area contributed by atoms with Gasteiger partial charge >= 0.3 is 0 Å². The van der Waals surface area contributed by atoms with Crippen LogP contribution in [0.15, 0.2) is 12.3 Å². The van der Waals surface area contributed by atoms with Crippen LogP contribution < -0.4 is 0 Å². The minimum Gasteiger partial charge on any atom is -0.494 e. The molecular weight excluding hydrogens is 164 g/mol. The van der Waals surface area contributed by atoms with Crippen LogP contribution in [-0.2, 0) is 9.53 Å². The molecule has 0 aromatic carbocycles. The predicted octanol–water partition coefficient (Wildman–Crippen LogP) is 2.83. The van der Waals surface area contributed by atoms with E-state index >= 15 is 0 Å². The Morgan fingerprint density at radius 1 is 1.08 bits per heavy atom. The molecule has 0 atom stereocenters. The highest BCUT2D eigenvalue weighted by atomic mass is 16.5. The van der Waals surface area contributed by atoms with Crippen LogP contribution in [0.2, 0.25) is 0 Å². The lowest BCUT2D eigenvalue weighted by Gasteiger charge is -2.03. The molecule has 0 radical (unpaired) electrons. The summed E-state index contributed by atoms with van der Waals surface area (Å²) < 4.78 is 5.09. The van der Waals surface area contributed by atoms with Crippen molar-refractivity contribution in [2.75, 3.05) is 6.61 Å². The van der Waals surface area contributed by atoms with E-state index in [0.29, 0.717) is 6.42 Å². The van der Waals surface area contributed by atoms with E-state index in [4.69, 9.17) is 4.74 Å². The lowest BCUT2D eigenvalue weighted by atomic mass is 10.1. The summed E-state index contributed by atoms with van der Waals surface area (Å²) in [6.07, 6.45) is 11.5. The third-order valence-corrected chi connectivity index (χ3v) is 2.26. The van der Waals surface area contributed by atoms with Gasteiger partial charge in [-0.15, -0.1) is 0 Å². The summed E-state index contributed by atoms with van der Waals surface area (Å²) in [5, 5.41) is 0. The predicted molar refractivity (Wildman–Crippen MR) is 52.4 cm³/mol. The highest BCUT2D eigenvalue weighted by Gasteiger charge is 2.01. The topological polar surface area (TPSA) is 26.3 Å². The molecule has 13 heavy (non-hydrogen) atoms. The van der Waals surface area contributed by atoms with Crippen LogP contribution in [0.3, 0.4) is 0 Å². The van der Waals surface area contributed by atoms with Gasteiger partial charge in [-0.2, -0.15) is 0 Å². The number of Topliss-reactive ketones (excluding diaryl/α,β-unsaturated/α-hetero) is 1. The molecule has 0 aromatic heterocycles. The number of carbonyl (C=O) groups excluding carboxylic acids is 1. The minimum atomic E-state index is 0.227. The van der Waals surface area contributed by atoms with Crippen molar-refractivity contribution in [2.24, 2.45) is 0 Å². The molecule has 1 aliphatic heterocycles. The molecule has 1 rings (SSSR count). The van der Waals surface area contributed by atoms with E-state index in [1.54, 1.807) is 6.26 Å². The third kappa shape index (κ3) is 5.45. The molecule has 0 spiro atoms. The number of ketones is 1. The molecule has 0 N–H and O–H groups in total. The van der Waals surface area contributed by atoms with E-state index < -0.39 is 0 Å². The molecule has 0 fully saturated rings. The number of hydrogen-bond donors (Lipinski definition) is 0.